The van der Waals surface area contributed by atoms with Crippen LogP contribution in [-0.2, 0) is 5.75 Å². The number of hydrogen-bond acceptors (Lipinski definition) is 7. The number of rotatable bonds is 7. The van der Waals surface area contributed by atoms with Gasteiger partial charge in [0.15, 0.2) is 10.3 Å². The highest BCUT2D eigenvalue weighted by atomic mass is 32.2. The fourth-order valence-electron chi connectivity index (χ4n) is 2.69. The molecular formula is C23H19FN4OS3. The van der Waals surface area contributed by atoms with Crippen molar-refractivity contribution in [2.75, 3.05) is 5.32 Å². The molecule has 0 radical (unpaired) electrons. The molecule has 0 aliphatic rings. The van der Waals surface area contributed by atoms with Crippen LogP contribution in [0.15, 0.2) is 75.9 Å². The summed E-state index contributed by atoms with van der Waals surface area (Å²) >= 11 is 4.24. The van der Waals surface area contributed by atoms with E-state index < -0.39 is 0 Å². The molecule has 32 heavy (non-hydrogen) atoms. The van der Waals surface area contributed by atoms with Crippen LogP contribution in [0.4, 0.5) is 9.52 Å². The maximum absolute atomic E-state index is 13.1. The molecule has 9 heteroatoms. The van der Waals surface area contributed by atoms with E-state index >= 15 is 0 Å². The smallest absolute Gasteiger partial charge is 0.277 e. The molecule has 0 saturated heterocycles. The minimum atomic E-state index is -0.333. The Balaban J connectivity index is 1.58. The molecule has 2 aromatic heterocycles. The Kier molecular flexibility index (Phi) is 7.19. The molecule has 5 nitrogen and oxygen atoms in total. The number of nitrogens with zero attached hydrogens (tertiary/aromatic N) is 3. The van der Waals surface area contributed by atoms with Crippen molar-refractivity contribution >= 4 is 45.9 Å². The number of thioether (sulfide) groups is 1. The van der Waals surface area contributed by atoms with Crippen LogP contribution in [0.2, 0.25) is 0 Å². The summed E-state index contributed by atoms with van der Waals surface area (Å²) in [5.74, 6) is -0.0406. The zero-order valence-corrected chi connectivity index (χ0v) is 19.8. The van der Waals surface area contributed by atoms with Crippen molar-refractivity contribution in [1.29, 1.82) is 0 Å². The molecule has 2 aromatic carbocycles. The SMILES string of the molecule is Cc1ccc(Sc2cnc(SCc3ccc(F)cc3)nc2C(=O)Nc2ncc(C)s2)cc1. The third kappa shape index (κ3) is 5.93. The summed E-state index contributed by atoms with van der Waals surface area (Å²) in [6.45, 7) is 3.96. The van der Waals surface area contributed by atoms with E-state index in [0.29, 0.717) is 26.6 Å². The monoisotopic (exact) mass is 482 g/mol. The lowest BCUT2D eigenvalue weighted by Gasteiger charge is -2.10. The van der Waals surface area contributed by atoms with E-state index in [1.165, 1.54) is 47.0 Å². The molecule has 0 unspecified atom stereocenters. The molecule has 0 fully saturated rings. The van der Waals surface area contributed by atoms with Crippen LogP contribution in [0, 0.1) is 19.7 Å². The number of nitrogens with one attached hydrogen (secondary N) is 1. The number of halogens is 1. The fourth-order valence-corrected chi connectivity index (χ4v) is 4.99. The number of aryl methyl sites for hydroxylation is 2. The molecule has 0 atom stereocenters. The van der Waals surface area contributed by atoms with Gasteiger partial charge >= 0.3 is 0 Å². The number of hydrogen-bond donors (Lipinski definition) is 1. The lowest BCUT2D eigenvalue weighted by atomic mass is 10.2. The summed E-state index contributed by atoms with van der Waals surface area (Å²) in [4.78, 5) is 28.9. The van der Waals surface area contributed by atoms with E-state index in [9.17, 15) is 9.18 Å². The molecule has 0 aliphatic carbocycles. The van der Waals surface area contributed by atoms with Crippen molar-refractivity contribution in [1.82, 2.24) is 15.0 Å². The summed E-state index contributed by atoms with van der Waals surface area (Å²) in [5.41, 5.74) is 2.40. The average Bonchev–Trinajstić information content (AvgIpc) is 3.20. The fraction of sp³-hybridized carbons (Fsp3) is 0.130. The van der Waals surface area contributed by atoms with Gasteiger partial charge in [0.25, 0.3) is 5.91 Å². The summed E-state index contributed by atoms with van der Waals surface area (Å²) in [6, 6.07) is 14.3. The van der Waals surface area contributed by atoms with E-state index in [1.807, 2.05) is 38.1 Å². The van der Waals surface area contributed by atoms with Gasteiger partial charge in [0, 0.05) is 27.9 Å². The Morgan fingerprint density at radius 2 is 1.78 bits per heavy atom. The molecule has 4 aromatic rings. The van der Waals surface area contributed by atoms with Gasteiger partial charge in [-0.15, -0.1) is 11.3 Å². The first-order valence-electron chi connectivity index (χ1n) is 9.69. The predicted molar refractivity (Wildman–Crippen MR) is 128 cm³/mol. The second-order valence-corrected chi connectivity index (χ2v) is 10.2. The highest BCUT2D eigenvalue weighted by Gasteiger charge is 2.18. The van der Waals surface area contributed by atoms with Gasteiger partial charge in [0.2, 0.25) is 0 Å². The van der Waals surface area contributed by atoms with Gasteiger partial charge in [-0.2, -0.15) is 0 Å². The zero-order valence-electron chi connectivity index (χ0n) is 17.3. The Hall–Kier alpha value is -2.75. The van der Waals surface area contributed by atoms with Crippen LogP contribution in [0.1, 0.15) is 26.5 Å². The van der Waals surface area contributed by atoms with E-state index in [4.69, 9.17) is 0 Å². The van der Waals surface area contributed by atoms with Crippen LogP contribution in [0.3, 0.4) is 0 Å². The third-order valence-electron chi connectivity index (χ3n) is 4.32. The molecule has 2 heterocycles. The van der Waals surface area contributed by atoms with E-state index in [1.54, 1.807) is 24.5 Å². The van der Waals surface area contributed by atoms with Crippen molar-refractivity contribution in [3.05, 3.63) is 88.4 Å². The number of aromatic nitrogens is 3. The maximum Gasteiger partial charge on any atom is 0.277 e. The number of anilines is 1. The molecule has 0 bridgehead atoms. The van der Waals surface area contributed by atoms with Gasteiger partial charge in [0.05, 0.1) is 4.90 Å². The van der Waals surface area contributed by atoms with Crippen molar-refractivity contribution in [3.8, 4) is 0 Å². The van der Waals surface area contributed by atoms with Crippen LogP contribution in [0.25, 0.3) is 0 Å². The Morgan fingerprint density at radius 3 is 2.47 bits per heavy atom. The van der Waals surface area contributed by atoms with E-state index in [0.717, 1.165) is 20.9 Å². The highest BCUT2D eigenvalue weighted by molar-refractivity contribution is 7.99. The van der Waals surface area contributed by atoms with Crippen LogP contribution < -0.4 is 5.32 Å². The zero-order chi connectivity index (χ0) is 22.5. The van der Waals surface area contributed by atoms with Crippen LogP contribution in [0.5, 0.6) is 0 Å². The number of carbonyl (C=O) groups excluding carboxylic acids is 1. The van der Waals surface area contributed by atoms with Gasteiger partial charge in [0.1, 0.15) is 11.5 Å². The minimum Gasteiger partial charge on any atom is -0.296 e. The van der Waals surface area contributed by atoms with Crippen LogP contribution >= 0.6 is 34.9 Å². The lowest BCUT2D eigenvalue weighted by molar-refractivity contribution is 0.101. The van der Waals surface area contributed by atoms with Gasteiger partial charge < -0.3 is 0 Å². The molecule has 162 valence electrons. The largest absolute Gasteiger partial charge is 0.296 e. The summed E-state index contributed by atoms with van der Waals surface area (Å²) in [5, 5.41) is 3.84. The maximum atomic E-state index is 13.1. The third-order valence-corrected chi connectivity index (χ3v) is 7.11. The Morgan fingerprint density at radius 1 is 1.03 bits per heavy atom. The number of carbonyl (C=O) groups is 1. The quantitative estimate of drug-likeness (QED) is 0.243. The van der Waals surface area contributed by atoms with Gasteiger partial charge in [-0.1, -0.05) is 53.4 Å². The standard InChI is InChI=1S/C23H19FN4OS3/c1-14-3-9-18(10-4-14)32-19-12-26-22(30-13-16-5-7-17(24)8-6-16)27-20(19)21(29)28-23-25-11-15(2)31-23/h3-12H,13H2,1-2H3,(H,25,28,29). The molecule has 1 amide bonds. The first-order chi connectivity index (χ1) is 15.5. The second kappa shape index (κ2) is 10.2. The van der Waals surface area contributed by atoms with Crippen molar-refractivity contribution < 1.29 is 9.18 Å². The van der Waals surface area contributed by atoms with Crippen molar-refractivity contribution in [2.24, 2.45) is 0 Å². The van der Waals surface area contributed by atoms with E-state index in [-0.39, 0.29) is 11.7 Å². The average molecular weight is 483 g/mol. The lowest BCUT2D eigenvalue weighted by Crippen LogP contribution is -2.15. The molecule has 1 N–H and O–H groups in total. The molecule has 0 spiro atoms. The minimum absolute atomic E-state index is 0.274. The number of thiazole rings is 1. The topological polar surface area (TPSA) is 67.8 Å². The number of amides is 1. The summed E-state index contributed by atoms with van der Waals surface area (Å²) < 4.78 is 13.1. The van der Waals surface area contributed by atoms with Crippen LogP contribution in [-0.4, -0.2) is 20.9 Å². The molecule has 4 rings (SSSR count). The van der Waals surface area contributed by atoms with E-state index in [2.05, 4.69) is 20.3 Å². The van der Waals surface area contributed by atoms with Gasteiger partial charge in [-0.3, -0.25) is 10.1 Å². The van der Waals surface area contributed by atoms with Crippen molar-refractivity contribution in [3.63, 3.8) is 0 Å². The first-order valence-corrected chi connectivity index (χ1v) is 12.3. The second-order valence-electron chi connectivity index (χ2n) is 6.93. The van der Waals surface area contributed by atoms with Gasteiger partial charge in [-0.05, 0) is 43.7 Å². The highest BCUT2D eigenvalue weighted by Crippen LogP contribution is 2.32. The van der Waals surface area contributed by atoms with Crippen molar-refractivity contribution in [2.45, 2.75) is 34.5 Å². The summed E-state index contributed by atoms with van der Waals surface area (Å²) in [6.07, 6.45) is 3.39. The summed E-state index contributed by atoms with van der Waals surface area (Å²) in [7, 11) is 0. The molecule has 0 saturated carbocycles. The predicted octanol–water partition coefficient (Wildman–Crippen LogP) is 6.38. The Bertz CT molecular complexity index is 1230. The normalized spacial score (nSPS) is 10.8. The Labute approximate surface area is 197 Å². The molecular weight excluding hydrogens is 463 g/mol. The van der Waals surface area contributed by atoms with Gasteiger partial charge in [-0.25, -0.2) is 19.3 Å². The first kappa shape index (κ1) is 22.4. The molecule has 0 aliphatic heterocycles. The number of benzene rings is 2.